The van der Waals surface area contributed by atoms with Crippen LogP contribution >= 0.6 is 0 Å². The van der Waals surface area contributed by atoms with Crippen LogP contribution in [0.5, 0.6) is 0 Å². The van der Waals surface area contributed by atoms with E-state index < -0.39 is 0 Å². The number of ether oxygens (including phenoxy) is 1. The molecule has 2 rings (SSSR count). The fourth-order valence-corrected chi connectivity index (χ4v) is 3.15. The number of rotatable bonds is 4. The van der Waals surface area contributed by atoms with E-state index in [0.717, 1.165) is 25.4 Å². The first-order valence-electron chi connectivity index (χ1n) is 6.61. The van der Waals surface area contributed by atoms with Gasteiger partial charge in [-0.1, -0.05) is 19.8 Å². The van der Waals surface area contributed by atoms with Gasteiger partial charge in [0, 0.05) is 6.04 Å². The lowest BCUT2D eigenvalue weighted by atomic mass is 9.88. The summed E-state index contributed by atoms with van der Waals surface area (Å²) in [7, 11) is 0. The Hall–Kier alpha value is -0.540. The molecule has 0 radical (unpaired) electrons. The van der Waals surface area contributed by atoms with Crippen LogP contribution in [0.1, 0.15) is 45.4 Å². The molecule has 1 heterocycles. The third-order valence-corrected chi connectivity index (χ3v) is 4.17. The summed E-state index contributed by atoms with van der Waals surface area (Å²) in [6, 6.07) is 0.344. The van der Waals surface area contributed by atoms with Crippen molar-refractivity contribution in [2.24, 2.45) is 17.7 Å². The summed E-state index contributed by atoms with van der Waals surface area (Å²) >= 11 is 0. The highest BCUT2D eigenvalue weighted by molar-refractivity contribution is 5.12. The maximum atomic E-state index is 5.72. The highest BCUT2D eigenvalue weighted by atomic mass is 16.5. The Balaban J connectivity index is 1.97. The molecule has 0 amide bonds. The molecule has 1 aliphatic heterocycles. The highest BCUT2D eigenvalue weighted by Gasteiger charge is 2.31. The molecular formula is C13H24N2O. The van der Waals surface area contributed by atoms with Gasteiger partial charge in [0.2, 0.25) is 0 Å². The van der Waals surface area contributed by atoms with E-state index in [0.29, 0.717) is 12.0 Å². The van der Waals surface area contributed by atoms with Crippen molar-refractivity contribution in [3.05, 3.63) is 11.8 Å². The Morgan fingerprint density at radius 3 is 3.00 bits per heavy atom. The van der Waals surface area contributed by atoms with E-state index in [4.69, 9.17) is 10.6 Å². The van der Waals surface area contributed by atoms with Crippen molar-refractivity contribution in [3.8, 4) is 0 Å². The molecule has 92 valence electrons. The Bertz CT molecular complexity index is 252. The van der Waals surface area contributed by atoms with Crippen LogP contribution in [0.2, 0.25) is 0 Å². The molecule has 0 bridgehead atoms. The van der Waals surface area contributed by atoms with Gasteiger partial charge in [-0.3, -0.25) is 11.3 Å². The number of hydrogen-bond acceptors (Lipinski definition) is 3. The second-order valence-corrected chi connectivity index (χ2v) is 5.16. The van der Waals surface area contributed by atoms with E-state index in [-0.39, 0.29) is 0 Å². The standard InChI is InChI=1S/C13H24N2O/c1-2-10-5-6-11(8-10)13(15-14)12-4-3-7-16-9-12/h9-11,13,15H,2-8,14H2,1H3. The van der Waals surface area contributed by atoms with Crippen LogP contribution in [-0.2, 0) is 4.74 Å². The maximum Gasteiger partial charge on any atom is 0.0876 e. The monoisotopic (exact) mass is 224 g/mol. The lowest BCUT2D eigenvalue weighted by molar-refractivity contribution is 0.213. The van der Waals surface area contributed by atoms with Gasteiger partial charge in [-0.15, -0.1) is 0 Å². The van der Waals surface area contributed by atoms with E-state index in [1.165, 1.54) is 31.3 Å². The number of nitrogens with two attached hydrogens (primary N) is 1. The zero-order chi connectivity index (χ0) is 11.4. The van der Waals surface area contributed by atoms with Crippen molar-refractivity contribution in [2.75, 3.05) is 6.61 Å². The van der Waals surface area contributed by atoms with Gasteiger partial charge < -0.3 is 4.74 Å². The van der Waals surface area contributed by atoms with Gasteiger partial charge in [-0.2, -0.15) is 0 Å². The van der Waals surface area contributed by atoms with Gasteiger partial charge in [0.05, 0.1) is 12.9 Å². The zero-order valence-corrected chi connectivity index (χ0v) is 10.2. The molecule has 0 aromatic rings. The van der Waals surface area contributed by atoms with Crippen LogP contribution in [0, 0.1) is 11.8 Å². The molecule has 16 heavy (non-hydrogen) atoms. The number of nitrogens with one attached hydrogen (secondary N) is 1. The first-order chi connectivity index (χ1) is 7.85. The molecule has 3 heteroatoms. The predicted molar refractivity (Wildman–Crippen MR) is 65.5 cm³/mol. The van der Waals surface area contributed by atoms with Crippen LogP contribution in [0.25, 0.3) is 0 Å². The molecule has 0 saturated heterocycles. The molecule has 3 atom stereocenters. The fourth-order valence-electron chi connectivity index (χ4n) is 3.15. The summed E-state index contributed by atoms with van der Waals surface area (Å²) in [5.41, 5.74) is 4.38. The molecule has 0 aromatic heterocycles. The van der Waals surface area contributed by atoms with Gasteiger partial charge in [0.1, 0.15) is 0 Å². The Kier molecular flexibility index (Phi) is 4.24. The average molecular weight is 224 g/mol. The summed E-state index contributed by atoms with van der Waals surface area (Å²) in [4.78, 5) is 0. The maximum absolute atomic E-state index is 5.72. The third-order valence-electron chi connectivity index (χ3n) is 4.17. The molecule has 0 spiro atoms. The van der Waals surface area contributed by atoms with Crippen LogP contribution in [0.4, 0.5) is 0 Å². The molecule has 1 fully saturated rings. The molecule has 1 aliphatic carbocycles. The minimum absolute atomic E-state index is 0.344. The summed E-state index contributed by atoms with van der Waals surface area (Å²) in [5, 5.41) is 0. The van der Waals surface area contributed by atoms with E-state index in [1.807, 2.05) is 6.26 Å². The van der Waals surface area contributed by atoms with E-state index in [9.17, 15) is 0 Å². The minimum atomic E-state index is 0.344. The first kappa shape index (κ1) is 11.9. The quantitative estimate of drug-likeness (QED) is 0.569. The van der Waals surface area contributed by atoms with Gasteiger partial charge in [0.15, 0.2) is 0 Å². The SMILES string of the molecule is CCC1CCC(C(NN)C2=COCCC2)C1. The van der Waals surface area contributed by atoms with Crippen LogP contribution in [0.15, 0.2) is 11.8 Å². The average Bonchev–Trinajstić information content (AvgIpc) is 2.80. The van der Waals surface area contributed by atoms with Gasteiger partial charge in [0.25, 0.3) is 0 Å². The highest BCUT2D eigenvalue weighted by Crippen LogP contribution is 2.37. The van der Waals surface area contributed by atoms with E-state index in [2.05, 4.69) is 12.3 Å². The molecule has 3 nitrogen and oxygen atoms in total. The number of hydrazine groups is 1. The summed E-state index contributed by atoms with van der Waals surface area (Å²) in [6.45, 7) is 3.16. The third kappa shape index (κ3) is 2.58. The summed E-state index contributed by atoms with van der Waals surface area (Å²) in [5.74, 6) is 7.34. The molecular weight excluding hydrogens is 200 g/mol. The number of hydrogen-bond donors (Lipinski definition) is 2. The lowest BCUT2D eigenvalue weighted by Crippen LogP contribution is -2.42. The topological polar surface area (TPSA) is 47.3 Å². The van der Waals surface area contributed by atoms with E-state index >= 15 is 0 Å². The normalized spacial score (nSPS) is 32.0. The van der Waals surface area contributed by atoms with E-state index in [1.54, 1.807) is 0 Å². The van der Waals surface area contributed by atoms with Crippen molar-refractivity contribution < 1.29 is 4.74 Å². The minimum Gasteiger partial charge on any atom is -0.501 e. The molecule has 1 saturated carbocycles. The molecule has 2 aliphatic rings. The predicted octanol–water partition coefficient (Wildman–Crippen LogP) is 2.34. The van der Waals surface area contributed by atoms with Crippen LogP contribution in [-0.4, -0.2) is 12.6 Å². The van der Waals surface area contributed by atoms with Crippen molar-refractivity contribution in [2.45, 2.75) is 51.5 Å². The molecule has 0 aromatic carbocycles. The zero-order valence-electron chi connectivity index (χ0n) is 10.2. The largest absolute Gasteiger partial charge is 0.501 e. The van der Waals surface area contributed by atoms with Crippen LogP contribution < -0.4 is 11.3 Å². The first-order valence-corrected chi connectivity index (χ1v) is 6.61. The smallest absolute Gasteiger partial charge is 0.0876 e. The van der Waals surface area contributed by atoms with Gasteiger partial charge in [-0.05, 0) is 43.1 Å². The lowest BCUT2D eigenvalue weighted by Gasteiger charge is -2.27. The van der Waals surface area contributed by atoms with Crippen molar-refractivity contribution in [1.82, 2.24) is 5.43 Å². The Morgan fingerprint density at radius 2 is 2.44 bits per heavy atom. The molecule has 3 N–H and O–H groups in total. The fraction of sp³-hybridized carbons (Fsp3) is 0.846. The molecule has 3 unspecified atom stereocenters. The summed E-state index contributed by atoms with van der Waals surface area (Å²) in [6.07, 6.45) is 9.52. The Labute approximate surface area is 98.4 Å². The second kappa shape index (κ2) is 5.69. The van der Waals surface area contributed by atoms with Crippen molar-refractivity contribution >= 4 is 0 Å². The van der Waals surface area contributed by atoms with Crippen molar-refractivity contribution in [1.29, 1.82) is 0 Å². The Morgan fingerprint density at radius 1 is 1.56 bits per heavy atom. The van der Waals surface area contributed by atoms with Crippen molar-refractivity contribution in [3.63, 3.8) is 0 Å². The van der Waals surface area contributed by atoms with Crippen LogP contribution in [0.3, 0.4) is 0 Å². The second-order valence-electron chi connectivity index (χ2n) is 5.16. The summed E-state index contributed by atoms with van der Waals surface area (Å²) < 4.78 is 5.42. The van der Waals surface area contributed by atoms with Gasteiger partial charge in [-0.25, -0.2) is 0 Å². The van der Waals surface area contributed by atoms with Gasteiger partial charge >= 0.3 is 0 Å².